The summed E-state index contributed by atoms with van der Waals surface area (Å²) < 4.78 is 23.9. The van der Waals surface area contributed by atoms with Crippen LogP contribution >= 0.6 is 0 Å². The Labute approximate surface area is 151 Å². The quantitative estimate of drug-likeness (QED) is 0.452. The van der Waals surface area contributed by atoms with Gasteiger partial charge in [-0.1, -0.05) is 30.3 Å². The van der Waals surface area contributed by atoms with Crippen LogP contribution in [0.25, 0.3) is 0 Å². The van der Waals surface area contributed by atoms with E-state index in [1.165, 1.54) is 11.6 Å². The van der Waals surface area contributed by atoms with Crippen LogP contribution in [0, 0.1) is 16.6 Å². The minimum absolute atomic E-state index is 0.0694. The van der Waals surface area contributed by atoms with E-state index in [1.54, 1.807) is 18.2 Å². The number of ether oxygens (including phenoxy) is 2. The summed E-state index contributed by atoms with van der Waals surface area (Å²) in [6.45, 7) is 0.433. The van der Waals surface area contributed by atoms with E-state index < -0.39 is 6.02 Å². The van der Waals surface area contributed by atoms with E-state index in [-0.39, 0.29) is 30.9 Å². The third-order valence-electron chi connectivity index (χ3n) is 4.21. The van der Waals surface area contributed by atoms with Gasteiger partial charge in [-0.05, 0) is 30.2 Å². The van der Waals surface area contributed by atoms with E-state index >= 15 is 0 Å². The Hall–Kier alpha value is -2.93. The van der Waals surface area contributed by atoms with Gasteiger partial charge in [-0.15, -0.1) is 0 Å². The molecule has 0 amide bonds. The molecule has 3 rings (SSSR count). The summed E-state index contributed by atoms with van der Waals surface area (Å²) in [4.78, 5) is 0. The summed E-state index contributed by atoms with van der Waals surface area (Å²) in [6, 6.07) is 14.1. The molecule has 6 nitrogen and oxygen atoms in total. The molecule has 0 unspecified atom stereocenters. The first-order valence-electron chi connectivity index (χ1n) is 8.32. The molecule has 0 aliphatic heterocycles. The van der Waals surface area contributed by atoms with Crippen molar-refractivity contribution in [3.8, 4) is 5.75 Å². The summed E-state index contributed by atoms with van der Waals surface area (Å²) in [6.07, 6.45) is 0.975. The van der Waals surface area contributed by atoms with Crippen molar-refractivity contribution >= 4 is 11.9 Å². The second-order valence-corrected chi connectivity index (χ2v) is 6.17. The number of hydrogen-bond acceptors (Lipinski definition) is 5. The number of nitrogens with one attached hydrogen (secondary N) is 3. The Morgan fingerprint density at radius 1 is 1.15 bits per heavy atom. The minimum Gasteiger partial charge on any atom is -0.489 e. The van der Waals surface area contributed by atoms with E-state index in [0.717, 1.165) is 6.42 Å². The lowest BCUT2D eigenvalue weighted by molar-refractivity contribution is 0.300. The second kappa shape index (κ2) is 7.97. The number of hydrogen-bond donors (Lipinski definition) is 4. The standard InChI is InChI=1S/C19H21FN4O2/c20-16-4-2-1-3-13(16)11-25-14-7-5-12(6-8-14)15-9-17(15)24-10-18(21)26-19(22)23/h1-8,15,17,21,24H,9-11H2,(H3,22,23)/t15-,17+/m0/s1. The number of benzene rings is 2. The average Bonchev–Trinajstić information content (AvgIpc) is 3.39. The SMILES string of the molecule is N=C(N)OC(=N)CN[C@@H]1C[C@H]1c1ccc(OCc2ccccc2F)cc1. The van der Waals surface area contributed by atoms with E-state index in [4.69, 9.17) is 26.0 Å². The summed E-state index contributed by atoms with van der Waals surface area (Å²) in [5.74, 6) is 0.731. The molecule has 1 aliphatic carbocycles. The highest BCUT2D eigenvalue weighted by Gasteiger charge is 2.38. The summed E-state index contributed by atoms with van der Waals surface area (Å²) >= 11 is 0. The van der Waals surface area contributed by atoms with Crippen LogP contribution in [-0.2, 0) is 11.3 Å². The maximum Gasteiger partial charge on any atom is 0.285 e. The van der Waals surface area contributed by atoms with Crippen LogP contribution in [-0.4, -0.2) is 24.5 Å². The number of rotatable bonds is 7. The fraction of sp³-hybridized carbons (Fsp3) is 0.263. The number of nitrogens with two attached hydrogens (primary N) is 1. The van der Waals surface area contributed by atoms with Gasteiger partial charge in [0.1, 0.15) is 18.2 Å². The van der Waals surface area contributed by atoms with Gasteiger partial charge in [-0.25, -0.2) is 4.39 Å². The molecule has 0 bridgehead atoms. The lowest BCUT2D eigenvalue weighted by Crippen LogP contribution is -2.30. The van der Waals surface area contributed by atoms with E-state index in [9.17, 15) is 4.39 Å². The largest absolute Gasteiger partial charge is 0.489 e. The molecule has 0 saturated heterocycles. The smallest absolute Gasteiger partial charge is 0.285 e. The van der Waals surface area contributed by atoms with Crippen LogP contribution in [0.2, 0.25) is 0 Å². The molecule has 136 valence electrons. The third kappa shape index (κ3) is 4.80. The van der Waals surface area contributed by atoms with Crippen LogP contribution in [0.1, 0.15) is 23.5 Å². The molecule has 0 spiro atoms. The first-order chi connectivity index (χ1) is 12.5. The van der Waals surface area contributed by atoms with Crippen LogP contribution in [0.15, 0.2) is 48.5 Å². The van der Waals surface area contributed by atoms with Crippen molar-refractivity contribution in [2.75, 3.05) is 6.54 Å². The third-order valence-corrected chi connectivity index (χ3v) is 4.21. The predicted molar refractivity (Wildman–Crippen MR) is 97.0 cm³/mol. The molecule has 0 radical (unpaired) electrons. The zero-order valence-corrected chi connectivity index (χ0v) is 14.2. The van der Waals surface area contributed by atoms with Gasteiger partial charge in [0.25, 0.3) is 6.02 Å². The molecule has 7 heteroatoms. The van der Waals surface area contributed by atoms with E-state index in [0.29, 0.717) is 17.2 Å². The van der Waals surface area contributed by atoms with Crippen molar-refractivity contribution in [1.82, 2.24) is 5.32 Å². The first kappa shape index (κ1) is 17.9. The van der Waals surface area contributed by atoms with Crippen LogP contribution in [0.4, 0.5) is 4.39 Å². The normalized spacial score (nSPS) is 18.2. The molecular weight excluding hydrogens is 335 g/mol. The Balaban J connectivity index is 1.46. The number of amidine groups is 1. The van der Waals surface area contributed by atoms with Crippen molar-refractivity contribution in [2.45, 2.75) is 25.0 Å². The molecule has 5 N–H and O–H groups in total. The molecule has 1 fully saturated rings. The van der Waals surface area contributed by atoms with Crippen LogP contribution < -0.4 is 15.8 Å². The van der Waals surface area contributed by atoms with Gasteiger partial charge in [0.2, 0.25) is 5.90 Å². The van der Waals surface area contributed by atoms with Gasteiger partial charge in [-0.3, -0.25) is 10.8 Å². The zero-order valence-electron chi connectivity index (χ0n) is 14.2. The molecule has 26 heavy (non-hydrogen) atoms. The average molecular weight is 356 g/mol. The topological polar surface area (TPSA) is 104 Å². The van der Waals surface area contributed by atoms with Gasteiger partial charge in [0.15, 0.2) is 0 Å². The maximum absolute atomic E-state index is 13.6. The predicted octanol–water partition coefficient (Wildman–Crippen LogP) is 2.74. The van der Waals surface area contributed by atoms with Gasteiger partial charge in [0, 0.05) is 17.5 Å². The molecule has 2 aromatic rings. The van der Waals surface area contributed by atoms with E-state index in [1.807, 2.05) is 24.3 Å². The maximum atomic E-state index is 13.6. The molecule has 2 aromatic carbocycles. The van der Waals surface area contributed by atoms with Crippen molar-refractivity contribution in [2.24, 2.45) is 5.73 Å². The Kier molecular flexibility index (Phi) is 5.48. The highest BCUT2D eigenvalue weighted by atomic mass is 19.1. The molecule has 0 aromatic heterocycles. The van der Waals surface area contributed by atoms with Crippen LogP contribution in [0.3, 0.4) is 0 Å². The summed E-state index contributed by atoms with van der Waals surface area (Å²) in [7, 11) is 0. The Morgan fingerprint density at radius 2 is 1.88 bits per heavy atom. The van der Waals surface area contributed by atoms with Gasteiger partial charge < -0.3 is 20.5 Å². The molecule has 2 atom stereocenters. The van der Waals surface area contributed by atoms with Crippen molar-refractivity contribution < 1.29 is 13.9 Å². The number of halogens is 1. The lowest BCUT2D eigenvalue weighted by Gasteiger charge is -2.09. The summed E-state index contributed by atoms with van der Waals surface area (Å²) in [5, 5.41) is 17.7. The Morgan fingerprint density at radius 3 is 2.58 bits per heavy atom. The van der Waals surface area contributed by atoms with Gasteiger partial charge in [0.05, 0.1) is 6.54 Å². The molecule has 0 heterocycles. The monoisotopic (exact) mass is 356 g/mol. The van der Waals surface area contributed by atoms with Crippen LogP contribution in [0.5, 0.6) is 5.75 Å². The van der Waals surface area contributed by atoms with E-state index in [2.05, 4.69) is 5.32 Å². The van der Waals surface area contributed by atoms with Crippen molar-refractivity contribution in [1.29, 1.82) is 10.8 Å². The van der Waals surface area contributed by atoms with Crippen molar-refractivity contribution in [3.05, 3.63) is 65.5 Å². The molecule has 1 saturated carbocycles. The fourth-order valence-corrected chi connectivity index (χ4v) is 2.77. The minimum atomic E-state index is -0.477. The first-order valence-corrected chi connectivity index (χ1v) is 8.32. The second-order valence-electron chi connectivity index (χ2n) is 6.17. The molecular formula is C19H21FN4O2. The zero-order chi connectivity index (χ0) is 18.5. The fourth-order valence-electron chi connectivity index (χ4n) is 2.77. The molecule has 1 aliphatic rings. The highest BCUT2D eigenvalue weighted by molar-refractivity contribution is 5.87. The van der Waals surface area contributed by atoms with Gasteiger partial charge in [-0.2, -0.15) is 0 Å². The van der Waals surface area contributed by atoms with Crippen molar-refractivity contribution in [3.63, 3.8) is 0 Å². The highest BCUT2D eigenvalue weighted by Crippen LogP contribution is 2.41. The Bertz CT molecular complexity index is 794. The summed E-state index contributed by atoms with van der Waals surface area (Å²) in [5.41, 5.74) is 6.78. The van der Waals surface area contributed by atoms with Gasteiger partial charge >= 0.3 is 0 Å². The lowest BCUT2D eigenvalue weighted by atomic mass is 10.1.